The fraction of sp³-hybridized carbons (Fsp3) is 0.611. The van der Waals surface area contributed by atoms with Gasteiger partial charge in [0.2, 0.25) is 0 Å². The number of anilines is 1. The molecule has 0 aromatic heterocycles. The highest BCUT2D eigenvalue weighted by Gasteiger charge is 2.33. The Morgan fingerprint density at radius 1 is 1.46 bits per heavy atom. The lowest BCUT2D eigenvalue weighted by atomic mass is 10.0. The number of nitro benzene ring substituents is 1. The van der Waals surface area contributed by atoms with Crippen molar-refractivity contribution < 1.29 is 18.8 Å². The standard InChI is InChI=1S/C18H26FN3O4/c1-5-21(17(23)26-18(2,3)4)13-8-7-11-20(12-13)16-14(19)9-6-10-15(16)22(24)25/h6,9-10,13H,5,7-8,11-12H2,1-4H3. The van der Waals surface area contributed by atoms with Gasteiger partial charge in [-0.2, -0.15) is 0 Å². The van der Waals surface area contributed by atoms with E-state index in [4.69, 9.17) is 4.74 Å². The van der Waals surface area contributed by atoms with Gasteiger partial charge >= 0.3 is 6.09 Å². The first-order valence-corrected chi connectivity index (χ1v) is 8.81. The lowest BCUT2D eigenvalue weighted by Gasteiger charge is -2.40. The van der Waals surface area contributed by atoms with E-state index in [0.717, 1.165) is 6.42 Å². The van der Waals surface area contributed by atoms with Gasteiger partial charge in [0, 0.05) is 25.7 Å². The van der Waals surface area contributed by atoms with Gasteiger partial charge in [-0.1, -0.05) is 6.07 Å². The van der Waals surface area contributed by atoms with E-state index >= 15 is 0 Å². The van der Waals surface area contributed by atoms with Crippen molar-refractivity contribution in [3.8, 4) is 0 Å². The third kappa shape index (κ3) is 4.62. The van der Waals surface area contributed by atoms with Gasteiger partial charge in [-0.25, -0.2) is 9.18 Å². The number of amides is 1. The number of nitro groups is 1. The minimum absolute atomic E-state index is 0.0116. The minimum atomic E-state index is -0.625. The number of nitrogens with zero attached hydrogens (tertiary/aromatic N) is 3. The van der Waals surface area contributed by atoms with Crippen LogP contribution in [-0.2, 0) is 4.74 Å². The number of ether oxygens (including phenoxy) is 1. The average molecular weight is 367 g/mol. The van der Waals surface area contributed by atoms with Crippen LogP contribution < -0.4 is 4.90 Å². The number of carbonyl (C=O) groups excluding carboxylic acids is 1. The summed E-state index contributed by atoms with van der Waals surface area (Å²) in [4.78, 5) is 26.5. The molecule has 26 heavy (non-hydrogen) atoms. The van der Waals surface area contributed by atoms with Gasteiger partial charge in [0.15, 0.2) is 11.5 Å². The first kappa shape index (κ1) is 19.9. The van der Waals surface area contributed by atoms with E-state index < -0.39 is 22.4 Å². The molecular formula is C18H26FN3O4. The summed E-state index contributed by atoms with van der Waals surface area (Å²) in [6.07, 6.45) is 1.02. The average Bonchev–Trinajstić information content (AvgIpc) is 2.53. The maximum atomic E-state index is 14.3. The zero-order valence-electron chi connectivity index (χ0n) is 15.7. The molecule has 1 heterocycles. The van der Waals surface area contributed by atoms with E-state index in [9.17, 15) is 19.3 Å². The summed E-state index contributed by atoms with van der Waals surface area (Å²) < 4.78 is 19.8. The van der Waals surface area contributed by atoms with Crippen LogP contribution in [0.1, 0.15) is 40.5 Å². The molecule has 1 aliphatic heterocycles. The summed E-state index contributed by atoms with van der Waals surface area (Å²) in [5.74, 6) is -0.625. The van der Waals surface area contributed by atoms with Crippen LogP contribution in [0.2, 0.25) is 0 Å². The van der Waals surface area contributed by atoms with Gasteiger partial charge in [0.05, 0.1) is 11.0 Å². The second-order valence-corrected chi connectivity index (χ2v) is 7.37. The van der Waals surface area contributed by atoms with E-state index in [0.29, 0.717) is 26.1 Å². The highest BCUT2D eigenvalue weighted by atomic mass is 19.1. The number of hydrogen-bond donors (Lipinski definition) is 0. The van der Waals surface area contributed by atoms with E-state index in [1.54, 1.807) is 30.6 Å². The van der Waals surface area contributed by atoms with Crippen molar-refractivity contribution in [1.29, 1.82) is 0 Å². The van der Waals surface area contributed by atoms with Crippen LogP contribution in [0.4, 0.5) is 20.6 Å². The molecule has 0 bridgehead atoms. The molecule has 0 N–H and O–H groups in total. The molecule has 1 saturated heterocycles. The van der Waals surface area contributed by atoms with Crippen LogP contribution in [0, 0.1) is 15.9 Å². The Morgan fingerprint density at radius 2 is 2.15 bits per heavy atom. The first-order chi connectivity index (χ1) is 12.1. The quantitative estimate of drug-likeness (QED) is 0.595. The zero-order valence-corrected chi connectivity index (χ0v) is 15.7. The molecule has 1 amide bonds. The predicted molar refractivity (Wildman–Crippen MR) is 96.9 cm³/mol. The molecule has 1 aliphatic rings. The second-order valence-electron chi connectivity index (χ2n) is 7.37. The van der Waals surface area contributed by atoms with Crippen molar-refractivity contribution in [3.63, 3.8) is 0 Å². The predicted octanol–water partition coefficient (Wildman–Crippen LogP) is 3.96. The summed E-state index contributed by atoms with van der Waals surface area (Å²) in [6, 6.07) is 3.66. The number of carbonyl (C=O) groups is 1. The SMILES string of the molecule is CCN(C(=O)OC(C)(C)C)C1CCCN(c2c(F)cccc2[N+](=O)[O-])C1. The van der Waals surface area contributed by atoms with Gasteiger partial charge < -0.3 is 14.5 Å². The van der Waals surface area contributed by atoms with Crippen LogP contribution in [0.5, 0.6) is 0 Å². The normalized spacial score (nSPS) is 17.7. The molecule has 2 rings (SSSR count). The molecule has 144 valence electrons. The smallest absolute Gasteiger partial charge is 0.410 e. The molecule has 0 saturated carbocycles. The molecule has 1 unspecified atom stereocenters. The Labute approximate surface area is 152 Å². The van der Waals surface area contributed by atoms with E-state index in [1.807, 2.05) is 6.92 Å². The van der Waals surface area contributed by atoms with Crippen LogP contribution in [-0.4, -0.2) is 47.2 Å². The number of rotatable bonds is 4. The fourth-order valence-electron chi connectivity index (χ4n) is 3.23. The molecule has 7 nitrogen and oxygen atoms in total. The Morgan fingerprint density at radius 3 is 2.73 bits per heavy atom. The molecule has 0 radical (unpaired) electrons. The number of likely N-dealkylation sites (N-methyl/N-ethyl adjacent to an activating group) is 1. The van der Waals surface area contributed by atoms with Crippen molar-refractivity contribution >= 4 is 17.5 Å². The van der Waals surface area contributed by atoms with Crippen molar-refractivity contribution in [1.82, 2.24) is 4.90 Å². The Hall–Kier alpha value is -2.38. The molecule has 1 aromatic rings. The van der Waals surface area contributed by atoms with E-state index in [1.165, 1.54) is 18.2 Å². The van der Waals surface area contributed by atoms with Gasteiger partial charge in [-0.3, -0.25) is 10.1 Å². The molecule has 1 atom stereocenters. The topological polar surface area (TPSA) is 75.9 Å². The Bertz CT molecular complexity index is 675. The number of piperidine rings is 1. The molecule has 1 fully saturated rings. The maximum Gasteiger partial charge on any atom is 0.410 e. The van der Waals surface area contributed by atoms with E-state index in [2.05, 4.69) is 0 Å². The Kier molecular flexibility index (Phi) is 6.05. The van der Waals surface area contributed by atoms with Gasteiger partial charge in [0.25, 0.3) is 5.69 Å². The highest BCUT2D eigenvalue weighted by molar-refractivity contribution is 5.69. The molecular weight excluding hydrogens is 341 g/mol. The van der Waals surface area contributed by atoms with Crippen LogP contribution in [0.3, 0.4) is 0 Å². The van der Waals surface area contributed by atoms with Crippen molar-refractivity contribution in [3.05, 3.63) is 34.1 Å². The fourth-order valence-corrected chi connectivity index (χ4v) is 3.23. The highest BCUT2D eigenvalue weighted by Crippen LogP contribution is 2.33. The largest absolute Gasteiger partial charge is 0.444 e. The van der Waals surface area contributed by atoms with E-state index in [-0.39, 0.29) is 17.4 Å². The van der Waals surface area contributed by atoms with Gasteiger partial charge in [-0.05, 0) is 46.6 Å². The number of benzene rings is 1. The molecule has 0 aliphatic carbocycles. The number of halogens is 1. The summed E-state index contributed by atoms with van der Waals surface area (Å²) in [5.41, 5.74) is -0.878. The number of hydrogen-bond acceptors (Lipinski definition) is 5. The van der Waals surface area contributed by atoms with Crippen LogP contribution in [0.25, 0.3) is 0 Å². The monoisotopic (exact) mass is 367 g/mol. The lowest BCUT2D eigenvalue weighted by Crippen LogP contribution is -2.51. The third-order valence-electron chi connectivity index (χ3n) is 4.28. The first-order valence-electron chi connectivity index (χ1n) is 8.81. The summed E-state index contributed by atoms with van der Waals surface area (Å²) in [7, 11) is 0. The Balaban J connectivity index is 2.24. The van der Waals surface area contributed by atoms with Crippen LogP contribution in [0.15, 0.2) is 18.2 Å². The molecule has 8 heteroatoms. The minimum Gasteiger partial charge on any atom is -0.444 e. The molecule has 0 spiro atoms. The van der Waals surface area contributed by atoms with Gasteiger partial charge in [-0.15, -0.1) is 0 Å². The van der Waals surface area contributed by atoms with Crippen molar-refractivity contribution in [2.24, 2.45) is 0 Å². The van der Waals surface area contributed by atoms with Crippen LogP contribution >= 0.6 is 0 Å². The molecule has 1 aromatic carbocycles. The number of para-hydroxylation sites is 1. The maximum absolute atomic E-state index is 14.3. The third-order valence-corrected chi connectivity index (χ3v) is 4.28. The summed E-state index contributed by atoms with van der Waals surface area (Å²) >= 11 is 0. The summed E-state index contributed by atoms with van der Waals surface area (Å²) in [6.45, 7) is 8.54. The zero-order chi connectivity index (χ0) is 19.5. The van der Waals surface area contributed by atoms with Gasteiger partial charge in [0.1, 0.15) is 5.60 Å². The second kappa shape index (κ2) is 7.88. The lowest BCUT2D eigenvalue weighted by molar-refractivity contribution is -0.384. The van der Waals surface area contributed by atoms with Crippen molar-refractivity contribution in [2.45, 2.75) is 52.2 Å². The summed E-state index contributed by atoms with van der Waals surface area (Å²) in [5, 5.41) is 11.3. The van der Waals surface area contributed by atoms with Crippen molar-refractivity contribution in [2.75, 3.05) is 24.5 Å².